The number of hydrogen-bond acceptors (Lipinski definition) is 15. The van der Waals surface area contributed by atoms with Gasteiger partial charge in [0.05, 0.1) is 26.4 Å². The summed E-state index contributed by atoms with van der Waals surface area (Å²) in [6, 6.07) is 0. The number of carbonyl (C=O) groups is 4. The Morgan fingerprint density at radius 1 is 0.320 bits per heavy atom. The summed E-state index contributed by atoms with van der Waals surface area (Å²) >= 11 is 0. The highest BCUT2D eigenvalue weighted by atomic mass is 31.2. The van der Waals surface area contributed by atoms with Gasteiger partial charge in [-0.25, -0.2) is 9.13 Å². The average Bonchev–Trinajstić information content (AvgIpc) is 2.00. The predicted octanol–water partition coefficient (Wildman–Crippen LogP) is 22.7. The third kappa shape index (κ3) is 71.7. The SMILES string of the molecule is CCCCCC/C=C\C=C/CCCCCCCC(=O)OC[C@H](COP(=O)(O)OC[C@@H](O)COP(=O)(O)OC[C@@H](COC(=O)CCCCCCCCCCC(C)C)OC(=O)CCCCCCCCCCC(C)C)OC(=O)CCCCCCCCCCCCCCCCCCCCCC. The third-order valence-corrected chi connectivity index (χ3v) is 19.5. The first kappa shape index (κ1) is 94.5. The van der Waals surface area contributed by atoms with Gasteiger partial charge in [-0.2, -0.15) is 0 Å². The second-order valence-corrected chi connectivity index (χ2v) is 31.3. The second-order valence-electron chi connectivity index (χ2n) is 28.4. The average molecular weight is 1420 g/mol. The first-order valence-corrected chi connectivity index (χ1v) is 42.8. The van der Waals surface area contributed by atoms with Crippen LogP contribution in [0.1, 0.15) is 382 Å². The fourth-order valence-corrected chi connectivity index (χ4v) is 13.0. The number of aliphatic hydroxyl groups excluding tert-OH is 1. The number of aliphatic hydroxyl groups is 1. The van der Waals surface area contributed by atoms with Crippen molar-refractivity contribution in [3.63, 3.8) is 0 Å². The van der Waals surface area contributed by atoms with E-state index in [4.69, 9.17) is 37.0 Å². The van der Waals surface area contributed by atoms with E-state index in [2.05, 4.69) is 65.8 Å². The second kappa shape index (κ2) is 69.3. The van der Waals surface area contributed by atoms with Crippen LogP contribution in [0.5, 0.6) is 0 Å². The zero-order chi connectivity index (χ0) is 71.4. The van der Waals surface area contributed by atoms with Crippen LogP contribution in [-0.2, 0) is 65.4 Å². The van der Waals surface area contributed by atoms with Gasteiger partial charge in [0.2, 0.25) is 0 Å². The van der Waals surface area contributed by atoms with Gasteiger partial charge in [0.15, 0.2) is 12.2 Å². The fraction of sp³-hybridized carbons (Fsp3) is 0.897. The molecule has 2 unspecified atom stereocenters. The van der Waals surface area contributed by atoms with Crippen LogP contribution < -0.4 is 0 Å². The maximum absolute atomic E-state index is 13.1. The van der Waals surface area contributed by atoms with E-state index in [1.165, 1.54) is 180 Å². The molecule has 0 aliphatic carbocycles. The van der Waals surface area contributed by atoms with Crippen LogP contribution in [0, 0.1) is 11.8 Å². The molecule has 572 valence electrons. The highest BCUT2D eigenvalue weighted by Gasteiger charge is 2.30. The summed E-state index contributed by atoms with van der Waals surface area (Å²) < 4.78 is 68.5. The van der Waals surface area contributed by atoms with E-state index in [1.807, 2.05) is 0 Å². The van der Waals surface area contributed by atoms with Crippen molar-refractivity contribution >= 4 is 39.5 Å². The summed E-state index contributed by atoms with van der Waals surface area (Å²) in [6.07, 6.45) is 60.7. The largest absolute Gasteiger partial charge is 0.472 e. The highest BCUT2D eigenvalue weighted by molar-refractivity contribution is 7.47. The Balaban J connectivity index is 5.26. The number of allylic oxidation sites excluding steroid dienone is 4. The summed E-state index contributed by atoms with van der Waals surface area (Å²) in [5.74, 6) is -0.706. The molecule has 17 nitrogen and oxygen atoms in total. The molecule has 0 aromatic rings. The number of phosphoric acid groups is 2. The molecule has 0 aromatic heterocycles. The molecule has 0 radical (unpaired) electrons. The van der Waals surface area contributed by atoms with Crippen LogP contribution in [0.4, 0.5) is 0 Å². The Morgan fingerprint density at radius 3 is 0.845 bits per heavy atom. The van der Waals surface area contributed by atoms with Crippen LogP contribution in [0.3, 0.4) is 0 Å². The monoisotopic (exact) mass is 1420 g/mol. The molecule has 0 saturated heterocycles. The molecule has 0 heterocycles. The molecule has 0 saturated carbocycles. The quantitative estimate of drug-likeness (QED) is 0.0169. The molecule has 0 spiro atoms. The molecule has 0 aliphatic rings. The van der Waals surface area contributed by atoms with E-state index in [0.717, 1.165) is 115 Å². The van der Waals surface area contributed by atoms with Crippen molar-refractivity contribution in [2.24, 2.45) is 11.8 Å². The number of unbranched alkanes of at least 4 members (excludes halogenated alkanes) is 42. The zero-order valence-corrected chi connectivity index (χ0v) is 64.7. The number of carbonyl (C=O) groups excluding carboxylic acids is 4. The Morgan fingerprint density at radius 2 is 0.557 bits per heavy atom. The summed E-state index contributed by atoms with van der Waals surface area (Å²) in [4.78, 5) is 72.8. The lowest BCUT2D eigenvalue weighted by Gasteiger charge is -2.21. The molecule has 0 aliphatic heterocycles. The Labute approximate surface area is 592 Å². The standard InChI is InChI=1S/C78H148O17P2/c1-7-9-11-13-15-17-19-21-23-24-25-26-27-29-31-33-35-44-50-56-62-77(82)94-73(66-88-75(80)60-54-48-42-34-32-30-28-22-20-18-16-14-12-10-8-2)68-92-96(84,85)90-64-72(79)65-91-97(86,87)93-69-74(95-78(83)63-57-51-45-39-37-41-47-53-59-71(5)6)67-89-76(81)61-55-49-43-38-36-40-46-52-58-70(3)4/h18,20,22,28,70-74,79H,7-17,19,21,23-27,29-69H2,1-6H3,(H,84,85)(H,86,87)/b20-18-,28-22-/t72-,73-,74-/m1/s1. The van der Waals surface area contributed by atoms with Crippen LogP contribution >= 0.6 is 15.6 Å². The Kier molecular flexibility index (Phi) is 67.5. The number of ether oxygens (including phenoxy) is 4. The fourth-order valence-electron chi connectivity index (χ4n) is 11.5. The summed E-state index contributed by atoms with van der Waals surface area (Å²) in [5, 5.41) is 10.6. The van der Waals surface area contributed by atoms with Crippen molar-refractivity contribution < 1.29 is 80.2 Å². The number of hydrogen-bond donors (Lipinski definition) is 3. The van der Waals surface area contributed by atoms with Crippen LogP contribution in [0.2, 0.25) is 0 Å². The van der Waals surface area contributed by atoms with Gasteiger partial charge < -0.3 is 33.8 Å². The van der Waals surface area contributed by atoms with Crippen LogP contribution in [0.25, 0.3) is 0 Å². The molecule has 0 rings (SSSR count). The van der Waals surface area contributed by atoms with E-state index in [1.54, 1.807) is 0 Å². The Bertz CT molecular complexity index is 1970. The molecular weight excluding hydrogens is 1270 g/mol. The van der Waals surface area contributed by atoms with Gasteiger partial charge in [-0.15, -0.1) is 0 Å². The van der Waals surface area contributed by atoms with Gasteiger partial charge in [-0.1, -0.05) is 329 Å². The van der Waals surface area contributed by atoms with E-state index >= 15 is 0 Å². The maximum atomic E-state index is 13.1. The van der Waals surface area contributed by atoms with Crippen molar-refractivity contribution in [2.45, 2.75) is 400 Å². The molecule has 97 heavy (non-hydrogen) atoms. The lowest BCUT2D eigenvalue weighted by atomic mass is 10.0. The predicted molar refractivity (Wildman–Crippen MR) is 395 cm³/mol. The van der Waals surface area contributed by atoms with Gasteiger partial charge >= 0.3 is 39.5 Å². The lowest BCUT2D eigenvalue weighted by molar-refractivity contribution is -0.161. The van der Waals surface area contributed by atoms with Crippen molar-refractivity contribution in [3.8, 4) is 0 Å². The minimum absolute atomic E-state index is 0.102. The van der Waals surface area contributed by atoms with Gasteiger partial charge in [0.1, 0.15) is 19.3 Å². The van der Waals surface area contributed by atoms with Crippen molar-refractivity contribution in [2.75, 3.05) is 39.6 Å². The first-order valence-electron chi connectivity index (χ1n) is 39.8. The van der Waals surface area contributed by atoms with Gasteiger partial charge in [0.25, 0.3) is 0 Å². The van der Waals surface area contributed by atoms with Crippen molar-refractivity contribution in [1.29, 1.82) is 0 Å². The normalized spacial score (nSPS) is 14.1. The van der Waals surface area contributed by atoms with Gasteiger partial charge in [0, 0.05) is 25.7 Å². The van der Waals surface area contributed by atoms with Crippen LogP contribution in [-0.4, -0.2) is 96.7 Å². The molecular formula is C78H148O17P2. The van der Waals surface area contributed by atoms with E-state index < -0.39 is 97.5 Å². The molecule has 3 N–H and O–H groups in total. The molecule has 0 amide bonds. The van der Waals surface area contributed by atoms with Crippen molar-refractivity contribution in [1.82, 2.24) is 0 Å². The summed E-state index contributed by atoms with van der Waals surface area (Å²) in [6.45, 7) is 9.46. The minimum atomic E-state index is -4.97. The Hall–Kier alpha value is -2.46. The first-order chi connectivity index (χ1) is 46.9. The molecule has 0 fully saturated rings. The smallest absolute Gasteiger partial charge is 0.462 e. The molecule has 0 aromatic carbocycles. The molecule has 0 bridgehead atoms. The van der Waals surface area contributed by atoms with Crippen molar-refractivity contribution in [3.05, 3.63) is 24.3 Å². The number of phosphoric ester groups is 2. The van der Waals surface area contributed by atoms with E-state index in [9.17, 15) is 43.2 Å². The maximum Gasteiger partial charge on any atom is 0.472 e. The molecule has 19 heteroatoms. The van der Waals surface area contributed by atoms with Gasteiger partial charge in [-0.05, 0) is 63.2 Å². The topological polar surface area (TPSA) is 237 Å². The van der Waals surface area contributed by atoms with E-state index in [0.29, 0.717) is 31.6 Å². The highest BCUT2D eigenvalue weighted by Crippen LogP contribution is 2.45. The third-order valence-electron chi connectivity index (χ3n) is 17.6. The minimum Gasteiger partial charge on any atom is -0.462 e. The van der Waals surface area contributed by atoms with E-state index in [-0.39, 0.29) is 25.7 Å². The summed E-state index contributed by atoms with van der Waals surface area (Å²) in [5.41, 5.74) is 0. The molecule has 5 atom stereocenters. The number of esters is 4. The lowest BCUT2D eigenvalue weighted by Crippen LogP contribution is -2.30. The summed E-state index contributed by atoms with van der Waals surface area (Å²) in [7, 11) is -9.92. The number of rotatable bonds is 75. The van der Waals surface area contributed by atoms with Gasteiger partial charge in [-0.3, -0.25) is 37.3 Å². The van der Waals surface area contributed by atoms with Crippen LogP contribution in [0.15, 0.2) is 24.3 Å². The zero-order valence-electron chi connectivity index (χ0n) is 62.9.